The fourth-order valence-corrected chi connectivity index (χ4v) is 5.55. The number of carbonyl (C=O) groups is 1. The highest BCUT2D eigenvalue weighted by molar-refractivity contribution is 7.90. The number of halogens is 1. The molecule has 0 unspecified atom stereocenters. The van der Waals surface area contributed by atoms with Crippen molar-refractivity contribution in [3.63, 3.8) is 0 Å². The number of carbonyl (C=O) groups excluding carboxylic acids is 1. The molecule has 0 spiro atoms. The molecule has 198 valence electrons. The molecular formula is C27H22ClN5O5S. The minimum absolute atomic E-state index is 0.0124. The number of rotatable bonds is 7. The Balaban J connectivity index is 1.46. The van der Waals surface area contributed by atoms with Crippen LogP contribution in [0, 0.1) is 10.1 Å². The van der Waals surface area contributed by atoms with Crippen molar-refractivity contribution < 1.29 is 18.1 Å². The van der Waals surface area contributed by atoms with E-state index in [2.05, 4.69) is 17.1 Å². The SMILES string of the molecule is O=C(NS(=O)(=O)c1ccc([N+](=O)[O-])cc1)c1cnc(N2CCc3ccccc3C2)nc1Cc1cccc(Cl)c1. The van der Waals surface area contributed by atoms with E-state index in [9.17, 15) is 23.3 Å². The van der Waals surface area contributed by atoms with Crippen LogP contribution in [0.4, 0.5) is 11.6 Å². The maximum atomic E-state index is 13.2. The van der Waals surface area contributed by atoms with Gasteiger partial charge in [-0.3, -0.25) is 14.9 Å². The van der Waals surface area contributed by atoms with Crippen molar-refractivity contribution in [2.24, 2.45) is 0 Å². The molecule has 1 amide bonds. The van der Waals surface area contributed by atoms with Crippen molar-refractivity contribution in [1.29, 1.82) is 0 Å². The number of nitro benzene ring substituents is 1. The van der Waals surface area contributed by atoms with Gasteiger partial charge in [0.1, 0.15) is 0 Å². The highest BCUT2D eigenvalue weighted by Crippen LogP contribution is 2.24. The van der Waals surface area contributed by atoms with Crippen LogP contribution in [0.1, 0.15) is 32.7 Å². The van der Waals surface area contributed by atoms with Crippen molar-refractivity contribution in [2.75, 3.05) is 11.4 Å². The Hall–Kier alpha value is -4.35. The predicted molar refractivity (Wildman–Crippen MR) is 145 cm³/mol. The Labute approximate surface area is 229 Å². The standard InChI is InChI=1S/C27H22ClN5O5S/c28-21-7-3-4-18(14-21)15-25-24(26(34)31-39(37,38)23-10-8-22(9-11-23)33(35)36)16-29-27(30-25)32-13-12-19-5-1-2-6-20(19)17-32/h1-11,14,16H,12-13,15,17H2,(H,31,34). The van der Waals surface area contributed by atoms with Crippen LogP contribution >= 0.6 is 11.6 Å². The molecule has 12 heteroatoms. The molecule has 10 nitrogen and oxygen atoms in total. The molecule has 0 saturated heterocycles. The summed E-state index contributed by atoms with van der Waals surface area (Å²) in [5.74, 6) is -0.489. The van der Waals surface area contributed by atoms with Crippen LogP contribution in [0.5, 0.6) is 0 Å². The molecule has 1 N–H and O–H groups in total. The first kappa shape index (κ1) is 26.3. The Morgan fingerprint density at radius 1 is 1.05 bits per heavy atom. The van der Waals surface area contributed by atoms with Crippen LogP contribution in [-0.4, -0.2) is 35.8 Å². The Morgan fingerprint density at radius 2 is 1.79 bits per heavy atom. The Bertz CT molecular complexity index is 1680. The van der Waals surface area contributed by atoms with E-state index in [1.165, 1.54) is 17.3 Å². The van der Waals surface area contributed by atoms with Crippen molar-refractivity contribution in [2.45, 2.75) is 24.3 Å². The van der Waals surface area contributed by atoms with E-state index < -0.39 is 20.9 Å². The summed E-state index contributed by atoms with van der Waals surface area (Å²) in [6, 6.07) is 19.5. The summed E-state index contributed by atoms with van der Waals surface area (Å²) in [7, 11) is -4.32. The monoisotopic (exact) mass is 563 g/mol. The molecule has 0 bridgehead atoms. The van der Waals surface area contributed by atoms with Gasteiger partial charge in [0.2, 0.25) is 5.95 Å². The van der Waals surface area contributed by atoms with Gasteiger partial charge in [-0.05, 0) is 47.4 Å². The van der Waals surface area contributed by atoms with Gasteiger partial charge < -0.3 is 4.90 Å². The van der Waals surface area contributed by atoms with Gasteiger partial charge in [0.05, 0.1) is 21.1 Å². The zero-order valence-corrected chi connectivity index (χ0v) is 22.0. The molecule has 5 rings (SSSR count). The second-order valence-electron chi connectivity index (χ2n) is 8.96. The number of hydrogen-bond donors (Lipinski definition) is 1. The average molecular weight is 564 g/mol. The summed E-state index contributed by atoms with van der Waals surface area (Å²) in [4.78, 5) is 34.3. The lowest BCUT2D eigenvalue weighted by molar-refractivity contribution is -0.384. The summed E-state index contributed by atoms with van der Waals surface area (Å²) in [5, 5.41) is 11.4. The van der Waals surface area contributed by atoms with E-state index in [0.717, 1.165) is 36.2 Å². The third-order valence-electron chi connectivity index (χ3n) is 6.36. The highest BCUT2D eigenvalue weighted by atomic mass is 35.5. The van der Waals surface area contributed by atoms with Crippen LogP contribution in [-0.2, 0) is 29.4 Å². The van der Waals surface area contributed by atoms with Gasteiger partial charge >= 0.3 is 0 Å². The molecule has 0 fully saturated rings. The second-order valence-corrected chi connectivity index (χ2v) is 11.1. The van der Waals surface area contributed by atoms with Crippen molar-refractivity contribution in [1.82, 2.24) is 14.7 Å². The van der Waals surface area contributed by atoms with Crippen molar-refractivity contribution in [3.05, 3.63) is 122 Å². The largest absolute Gasteiger partial charge is 0.336 e. The lowest BCUT2D eigenvalue weighted by Crippen LogP contribution is -2.34. The topological polar surface area (TPSA) is 135 Å². The molecule has 3 aromatic carbocycles. The smallest absolute Gasteiger partial charge is 0.269 e. The van der Waals surface area contributed by atoms with E-state index >= 15 is 0 Å². The lowest BCUT2D eigenvalue weighted by Gasteiger charge is -2.29. The predicted octanol–water partition coefficient (Wildman–Crippen LogP) is 4.31. The van der Waals surface area contributed by atoms with Crippen LogP contribution in [0.3, 0.4) is 0 Å². The molecule has 0 aliphatic carbocycles. The van der Waals surface area contributed by atoms with Gasteiger partial charge in [-0.25, -0.2) is 23.1 Å². The number of non-ortho nitro benzene ring substituents is 1. The van der Waals surface area contributed by atoms with Crippen LogP contribution < -0.4 is 9.62 Å². The van der Waals surface area contributed by atoms with Gasteiger partial charge in [0, 0.05) is 42.9 Å². The zero-order valence-electron chi connectivity index (χ0n) is 20.5. The number of sulfonamides is 1. The summed E-state index contributed by atoms with van der Waals surface area (Å²) in [5.41, 5.74) is 3.26. The Morgan fingerprint density at radius 3 is 2.51 bits per heavy atom. The lowest BCUT2D eigenvalue weighted by atomic mass is 10.0. The molecule has 0 radical (unpaired) electrons. The summed E-state index contributed by atoms with van der Waals surface area (Å²) < 4.78 is 27.8. The maximum Gasteiger partial charge on any atom is 0.269 e. The quantitative estimate of drug-likeness (QED) is 0.259. The van der Waals surface area contributed by atoms with Crippen molar-refractivity contribution in [3.8, 4) is 0 Å². The summed E-state index contributed by atoms with van der Waals surface area (Å²) in [6.07, 6.45) is 2.35. The minimum atomic E-state index is -4.32. The van der Waals surface area contributed by atoms with E-state index in [-0.39, 0.29) is 22.6 Å². The van der Waals surface area contributed by atoms with Crippen LogP contribution in [0.15, 0.2) is 83.9 Å². The van der Waals surface area contributed by atoms with Gasteiger partial charge in [-0.1, -0.05) is 48.0 Å². The maximum absolute atomic E-state index is 13.2. The highest BCUT2D eigenvalue weighted by Gasteiger charge is 2.25. The van der Waals surface area contributed by atoms with Crippen LogP contribution in [0.25, 0.3) is 0 Å². The molecular weight excluding hydrogens is 542 g/mol. The molecule has 0 atom stereocenters. The first-order chi connectivity index (χ1) is 18.7. The number of hydrogen-bond acceptors (Lipinski definition) is 8. The first-order valence-electron chi connectivity index (χ1n) is 11.9. The number of nitrogens with one attached hydrogen (secondary N) is 1. The van der Waals surface area contributed by atoms with Gasteiger partial charge in [0.15, 0.2) is 0 Å². The molecule has 0 saturated carbocycles. The van der Waals surface area contributed by atoms with Crippen molar-refractivity contribution >= 4 is 39.2 Å². The van der Waals surface area contributed by atoms with E-state index in [0.29, 0.717) is 29.8 Å². The Kier molecular flexibility index (Phi) is 7.27. The number of amides is 1. The van der Waals surface area contributed by atoms with Crippen LogP contribution in [0.2, 0.25) is 5.02 Å². The van der Waals surface area contributed by atoms with Gasteiger partial charge in [-0.2, -0.15) is 0 Å². The number of anilines is 1. The molecule has 1 aliphatic heterocycles. The second kappa shape index (κ2) is 10.8. The number of aromatic nitrogens is 2. The molecule has 1 aliphatic rings. The number of fused-ring (bicyclic) bond motifs is 1. The third-order valence-corrected chi connectivity index (χ3v) is 7.94. The fourth-order valence-electron chi connectivity index (χ4n) is 4.37. The number of nitrogens with zero attached hydrogens (tertiary/aromatic N) is 4. The molecule has 39 heavy (non-hydrogen) atoms. The molecule has 4 aromatic rings. The van der Waals surface area contributed by atoms with E-state index in [1.54, 1.807) is 18.2 Å². The fraction of sp³-hybridized carbons (Fsp3) is 0.148. The number of nitro groups is 1. The summed E-state index contributed by atoms with van der Waals surface area (Å²) in [6.45, 7) is 1.29. The first-order valence-corrected chi connectivity index (χ1v) is 13.8. The number of benzene rings is 3. The summed E-state index contributed by atoms with van der Waals surface area (Å²) >= 11 is 6.16. The zero-order chi connectivity index (χ0) is 27.6. The minimum Gasteiger partial charge on any atom is -0.336 e. The normalized spacial score (nSPS) is 13.0. The van der Waals surface area contributed by atoms with Gasteiger partial charge in [-0.15, -0.1) is 0 Å². The van der Waals surface area contributed by atoms with E-state index in [1.807, 2.05) is 27.8 Å². The third kappa shape index (κ3) is 5.89. The average Bonchev–Trinajstić information content (AvgIpc) is 2.92. The molecule has 2 heterocycles. The van der Waals surface area contributed by atoms with E-state index in [4.69, 9.17) is 16.6 Å². The van der Waals surface area contributed by atoms with Gasteiger partial charge in [0.25, 0.3) is 21.6 Å². The molecule has 1 aromatic heterocycles.